The molecule has 1 atom stereocenters. The lowest BCUT2D eigenvalue weighted by molar-refractivity contribution is -0.384. The maximum atomic E-state index is 13.6. The number of nitro benzene ring substituents is 1. The number of methoxy groups -OCH3 is 1. The molecule has 0 aliphatic rings. The third kappa shape index (κ3) is 3.36. The third-order valence-electron chi connectivity index (χ3n) is 2.44. The van der Waals surface area contributed by atoms with E-state index in [4.69, 9.17) is 4.74 Å². The van der Waals surface area contributed by atoms with Crippen molar-refractivity contribution in [1.82, 2.24) is 0 Å². The van der Waals surface area contributed by atoms with E-state index < -0.39 is 22.2 Å². The van der Waals surface area contributed by atoms with Crippen LogP contribution in [0.4, 0.5) is 20.2 Å². The number of halogens is 2. The molecular formula is C11H14F2N2O3. The van der Waals surface area contributed by atoms with E-state index in [1.807, 2.05) is 6.92 Å². The fraction of sp³-hybridized carbons (Fsp3) is 0.455. The van der Waals surface area contributed by atoms with E-state index in [2.05, 4.69) is 5.32 Å². The Bertz CT molecular complexity index is 441. The normalized spacial score (nSPS) is 12.2. The van der Waals surface area contributed by atoms with Gasteiger partial charge in [-0.15, -0.1) is 0 Å². The van der Waals surface area contributed by atoms with Crippen LogP contribution in [-0.2, 0) is 4.74 Å². The molecule has 0 aromatic heterocycles. The largest absolute Gasteiger partial charge is 0.383 e. The lowest BCUT2D eigenvalue weighted by Gasteiger charge is -2.17. The number of hydrogen-bond donors (Lipinski definition) is 1. The van der Waals surface area contributed by atoms with Gasteiger partial charge in [0.25, 0.3) is 5.69 Å². The number of hydrogen-bond acceptors (Lipinski definition) is 4. The fourth-order valence-electron chi connectivity index (χ4n) is 1.51. The van der Waals surface area contributed by atoms with Crippen LogP contribution in [-0.4, -0.2) is 24.7 Å². The molecule has 5 nitrogen and oxygen atoms in total. The van der Waals surface area contributed by atoms with Crippen LogP contribution in [0.2, 0.25) is 0 Å². The summed E-state index contributed by atoms with van der Waals surface area (Å²) in [6, 6.07) is 1.01. The van der Waals surface area contributed by atoms with Gasteiger partial charge in [0, 0.05) is 19.2 Å². The Morgan fingerprint density at radius 1 is 1.50 bits per heavy atom. The molecular weight excluding hydrogens is 246 g/mol. The van der Waals surface area contributed by atoms with E-state index in [1.54, 1.807) is 0 Å². The summed E-state index contributed by atoms with van der Waals surface area (Å²) in [5.41, 5.74) is -0.938. The molecule has 0 amide bonds. The monoisotopic (exact) mass is 260 g/mol. The summed E-state index contributed by atoms with van der Waals surface area (Å²) in [4.78, 5) is 9.93. The first-order valence-electron chi connectivity index (χ1n) is 5.38. The number of benzene rings is 1. The zero-order valence-electron chi connectivity index (χ0n) is 10.1. The molecule has 1 N–H and O–H groups in total. The maximum absolute atomic E-state index is 13.6. The number of ether oxygens (including phenoxy) is 1. The lowest BCUT2D eigenvalue weighted by Crippen LogP contribution is -2.25. The molecule has 1 aromatic rings. The first-order chi connectivity index (χ1) is 8.49. The van der Waals surface area contributed by atoms with Gasteiger partial charge in [-0.05, 0) is 6.42 Å². The van der Waals surface area contributed by atoms with Crippen LogP contribution >= 0.6 is 0 Å². The average molecular weight is 260 g/mol. The van der Waals surface area contributed by atoms with E-state index in [-0.39, 0.29) is 18.3 Å². The Labute approximate surface area is 103 Å². The Hall–Kier alpha value is -1.76. The molecule has 0 bridgehead atoms. The molecule has 0 aliphatic carbocycles. The van der Waals surface area contributed by atoms with E-state index >= 15 is 0 Å². The molecule has 0 aliphatic heterocycles. The molecule has 1 unspecified atom stereocenters. The molecule has 0 heterocycles. The van der Waals surface area contributed by atoms with Gasteiger partial charge >= 0.3 is 0 Å². The minimum absolute atomic E-state index is 0.268. The van der Waals surface area contributed by atoms with E-state index in [0.29, 0.717) is 18.6 Å². The topological polar surface area (TPSA) is 64.4 Å². The standard InChI is InChI=1S/C11H14F2N2O3/c1-3-8(6-18-2)14-11-9(13)4-7(12)5-10(11)15(16)17/h4-5,8,14H,3,6H2,1-2H3. The highest BCUT2D eigenvalue weighted by atomic mass is 19.1. The van der Waals surface area contributed by atoms with Crippen LogP contribution in [0.5, 0.6) is 0 Å². The SMILES string of the molecule is CCC(COC)Nc1c(F)cc(F)cc1[N+](=O)[O-]. The van der Waals surface area contributed by atoms with Crippen LogP contribution in [0.3, 0.4) is 0 Å². The maximum Gasteiger partial charge on any atom is 0.298 e. The second kappa shape index (κ2) is 6.25. The quantitative estimate of drug-likeness (QED) is 0.631. The summed E-state index contributed by atoms with van der Waals surface area (Å²) >= 11 is 0. The molecule has 0 fully saturated rings. The first-order valence-corrected chi connectivity index (χ1v) is 5.38. The van der Waals surface area contributed by atoms with Gasteiger partial charge in [0.05, 0.1) is 17.6 Å². The molecule has 1 aromatic carbocycles. The van der Waals surface area contributed by atoms with Gasteiger partial charge in [0.2, 0.25) is 0 Å². The summed E-state index contributed by atoms with van der Waals surface area (Å²) in [6.07, 6.45) is 0.585. The van der Waals surface area contributed by atoms with E-state index in [0.717, 1.165) is 0 Å². The Morgan fingerprint density at radius 3 is 2.67 bits per heavy atom. The predicted octanol–water partition coefficient (Wildman–Crippen LogP) is 2.71. The van der Waals surface area contributed by atoms with Crippen molar-refractivity contribution in [2.45, 2.75) is 19.4 Å². The van der Waals surface area contributed by atoms with Crippen LogP contribution in [0, 0.1) is 21.7 Å². The van der Waals surface area contributed by atoms with Crippen molar-refractivity contribution >= 4 is 11.4 Å². The number of anilines is 1. The average Bonchev–Trinajstić information content (AvgIpc) is 2.30. The summed E-state index contributed by atoms with van der Waals surface area (Å²) in [5.74, 6) is -1.97. The molecule has 100 valence electrons. The van der Waals surface area contributed by atoms with Gasteiger partial charge in [-0.2, -0.15) is 0 Å². The van der Waals surface area contributed by atoms with Crippen LogP contribution in [0.25, 0.3) is 0 Å². The van der Waals surface area contributed by atoms with Gasteiger partial charge < -0.3 is 10.1 Å². The van der Waals surface area contributed by atoms with Gasteiger partial charge in [0.1, 0.15) is 11.5 Å². The zero-order valence-corrected chi connectivity index (χ0v) is 10.1. The molecule has 7 heteroatoms. The highest BCUT2D eigenvalue weighted by molar-refractivity contribution is 5.62. The van der Waals surface area contributed by atoms with Crippen molar-refractivity contribution in [3.8, 4) is 0 Å². The first kappa shape index (κ1) is 14.3. The van der Waals surface area contributed by atoms with Gasteiger partial charge in [0.15, 0.2) is 5.82 Å². The summed E-state index contributed by atoms with van der Waals surface area (Å²) in [7, 11) is 1.47. The second-order valence-electron chi connectivity index (χ2n) is 3.74. The third-order valence-corrected chi connectivity index (χ3v) is 2.44. The molecule has 0 saturated carbocycles. The van der Waals surface area contributed by atoms with Crippen molar-refractivity contribution in [3.63, 3.8) is 0 Å². The van der Waals surface area contributed by atoms with Gasteiger partial charge in [-0.1, -0.05) is 6.92 Å². The Morgan fingerprint density at radius 2 is 2.17 bits per heavy atom. The van der Waals surface area contributed by atoms with Crippen LogP contribution in [0.15, 0.2) is 12.1 Å². The second-order valence-corrected chi connectivity index (χ2v) is 3.74. The van der Waals surface area contributed by atoms with Gasteiger partial charge in [-0.25, -0.2) is 8.78 Å². The highest BCUT2D eigenvalue weighted by Gasteiger charge is 2.22. The molecule has 0 spiro atoms. The van der Waals surface area contributed by atoms with Crippen molar-refractivity contribution in [3.05, 3.63) is 33.9 Å². The van der Waals surface area contributed by atoms with E-state index in [9.17, 15) is 18.9 Å². The highest BCUT2D eigenvalue weighted by Crippen LogP contribution is 2.29. The smallest absolute Gasteiger partial charge is 0.298 e. The van der Waals surface area contributed by atoms with Crippen molar-refractivity contribution < 1.29 is 18.4 Å². The number of rotatable bonds is 6. The Balaban J connectivity index is 3.10. The minimum Gasteiger partial charge on any atom is -0.383 e. The summed E-state index contributed by atoms with van der Waals surface area (Å²) in [6.45, 7) is 2.09. The molecule has 18 heavy (non-hydrogen) atoms. The molecule has 1 rings (SSSR count). The van der Waals surface area contributed by atoms with Gasteiger partial charge in [-0.3, -0.25) is 10.1 Å². The minimum atomic E-state index is -0.990. The van der Waals surface area contributed by atoms with E-state index in [1.165, 1.54) is 7.11 Å². The number of nitrogens with one attached hydrogen (secondary N) is 1. The summed E-state index contributed by atoms with van der Waals surface area (Å²) < 4.78 is 31.4. The zero-order chi connectivity index (χ0) is 13.7. The summed E-state index contributed by atoms with van der Waals surface area (Å²) in [5, 5.41) is 13.4. The van der Waals surface area contributed by atoms with Crippen LogP contribution in [0.1, 0.15) is 13.3 Å². The van der Waals surface area contributed by atoms with Crippen molar-refractivity contribution in [2.24, 2.45) is 0 Å². The lowest BCUT2D eigenvalue weighted by atomic mass is 10.2. The number of nitrogens with zero attached hydrogens (tertiary/aromatic N) is 1. The van der Waals surface area contributed by atoms with Crippen LogP contribution < -0.4 is 5.32 Å². The fourth-order valence-corrected chi connectivity index (χ4v) is 1.51. The molecule has 0 radical (unpaired) electrons. The number of nitro groups is 1. The van der Waals surface area contributed by atoms with Crippen molar-refractivity contribution in [1.29, 1.82) is 0 Å². The van der Waals surface area contributed by atoms with Crippen molar-refractivity contribution in [2.75, 3.05) is 19.0 Å². The predicted molar refractivity (Wildman–Crippen MR) is 62.6 cm³/mol. The Kier molecular flexibility index (Phi) is 4.96. The molecule has 0 saturated heterocycles.